The number of thiazole rings is 1. The highest BCUT2D eigenvalue weighted by Crippen LogP contribution is 2.03. The van der Waals surface area contributed by atoms with E-state index in [1.54, 1.807) is 17.6 Å². The van der Waals surface area contributed by atoms with Gasteiger partial charge in [0, 0.05) is 11.9 Å². The number of hydrogen-bond donors (Lipinski definition) is 2. The van der Waals surface area contributed by atoms with Crippen LogP contribution in [0.25, 0.3) is 0 Å². The van der Waals surface area contributed by atoms with Crippen molar-refractivity contribution in [3.8, 4) is 0 Å². The van der Waals surface area contributed by atoms with Gasteiger partial charge in [-0.15, -0.1) is 21.5 Å². The molecule has 0 atom stereocenters. The first-order chi connectivity index (χ1) is 9.29. The lowest BCUT2D eigenvalue weighted by Crippen LogP contribution is -2.24. The molecule has 0 saturated heterocycles. The Morgan fingerprint density at radius 1 is 1.37 bits per heavy atom. The van der Waals surface area contributed by atoms with E-state index in [2.05, 4.69) is 32.7 Å². The van der Waals surface area contributed by atoms with Crippen molar-refractivity contribution >= 4 is 23.1 Å². The number of aromatic nitrogens is 3. The average molecular weight is 277 g/mol. The van der Waals surface area contributed by atoms with Crippen LogP contribution in [-0.4, -0.2) is 27.6 Å². The fourth-order valence-corrected chi connectivity index (χ4v) is 1.95. The van der Waals surface area contributed by atoms with Gasteiger partial charge < -0.3 is 10.6 Å². The maximum absolute atomic E-state index is 11.8. The highest BCUT2D eigenvalue weighted by molar-refractivity contribution is 7.07. The zero-order valence-corrected chi connectivity index (χ0v) is 11.4. The van der Waals surface area contributed by atoms with Crippen molar-refractivity contribution < 1.29 is 4.79 Å². The van der Waals surface area contributed by atoms with Crippen LogP contribution in [0.4, 0.5) is 5.82 Å². The first-order valence-electron chi connectivity index (χ1n) is 6.02. The normalized spacial score (nSPS) is 10.2. The van der Waals surface area contributed by atoms with Crippen molar-refractivity contribution in [2.45, 2.75) is 19.9 Å². The van der Waals surface area contributed by atoms with Crippen LogP contribution in [0.5, 0.6) is 0 Å². The van der Waals surface area contributed by atoms with Crippen LogP contribution < -0.4 is 10.6 Å². The predicted octanol–water partition coefficient (Wildman–Crippen LogP) is 1.68. The maximum atomic E-state index is 11.8. The smallest absolute Gasteiger partial charge is 0.272 e. The molecule has 0 bridgehead atoms. The first-order valence-corrected chi connectivity index (χ1v) is 6.96. The van der Waals surface area contributed by atoms with Crippen LogP contribution in [0.2, 0.25) is 0 Å². The third-order valence-electron chi connectivity index (χ3n) is 2.37. The van der Waals surface area contributed by atoms with Gasteiger partial charge in [0.15, 0.2) is 5.69 Å². The summed E-state index contributed by atoms with van der Waals surface area (Å²) in [5.74, 6) is 0.431. The molecule has 2 rings (SSSR count). The van der Waals surface area contributed by atoms with Crippen molar-refractivity contribution in [2.24, 2.45) is 0 Å². The number of carbonyl (C=O) groups is 1. The second kappa shape index (κ2) is 6.79. The lowest BCUT2D eigenvalue weighted by atomic mass is 10.3. The lowest BCUT2D eigenvalue weighted by Gasteiger charge is -2.04. The summed E-state index contributed by atoms with van der Waals surface area (Å²) in [4.78, 5) is 15.9. The zero-order chi connectivity index (χ0) is 13.5. The van der Waals surface area contributed by atoms with Crippen LogP contribution >= 0.6 is 11.3 Å². The third-order valence-corrected chi connectivity index (χ3v) is 3.00. The standard InChI is InChI=1S/C12H15N5OS/c1-2-5-13-11-4-3-10(16-17-11)12(18)14-6-9-7-19-8-15-9/h3-4,7-8H,2,5-6H2,1H3,(H,13,17)(H,14,18). The molecule has 100 valence electrons. The Morgan fingerprint density at radius 3 is 2.89 bits per heavy atom. The second-order valence-electron chi connectivity index (χ2n) is 3.89. The Balaban J connectivity index is 1.88. The molecule has 2 heterocycles. The molecule has 0 fully saturated rings. The summed E-state index contributed by atoms with van der Waals surface area (Å²) in [6, 6.07) is 3.40. The quantitative estimate of drug-likeness (QED) is 0.840. The van der Waals surface area contributed by atoms with Crippen LogP contribution in [0.1, 0.15) is 29.5 Å². The molecule has 0 aliphatic carbocycles. The van der Waals surface area contributed by atoms with Crippen molar-refractivity contribution in [1.29, 1.82) is 0 Å². The maximum Gasteiger partial charge on any atom is 0.272 e. The summed E-state index contributed by atoms with van der Waals surface area (Å²) in [6.45, 7) is 3.31. The zero-order valence-electron chi connectivity index (χ0n) is 10.6. The van der Waals surface area contributed by atoms with Gasteiger partial charge in [-0.1, -0.05) is 6.92 Å². The minimum absolute atomic E-state index is 0.248. The summed E-state index contributed by atoms with van der Waals surface area (Å²) < 4.78 is 0. The fraction of sp³-hybridized carbons (Fsp3) is 0.333. The van der Waals surface area contributed by atoms with E-state index >= 15 is 0 Å². The molecule has 0 aliphatic rings. The molecular formula is C12H15N5OS. The summed E-state index contributed by atoms with van der Waals surface area (Å²) in [7, 11) is 0. The largest absolute Gasteiger partial charge is 0.369 e. The first kappa shape index (κ1) is 13.4. The molecule has 0 saturated carbocycles. The molecule has 0 aliphatic heterocycles. The molecule has 0 unspecified atom stereocenters. The summed E-state index contributed by atoms with van der Waals surface area (Å²) in [6.07, 6.45) is 1.01. The van der Waals surface area contributed by atoms with Crippen LogP contribution in [0.3, 0.4) is 0 Å². The molecule has 2 aromatic heterocycles. The molecule has 7 heteroatoms. The molecule has 0 radical (unpaired) electrons. The van der Waals surface area contributed by atoms with E-state index in [-0.39, 0.29) is 5.91 Å². The molecule has 6 nitrogen and oxygen atoms in total. The number of rotatable bonds is 6. The van der Waals surface area contributed by atoms with Gasteiger partial charge >= 0.3 is 0 Å². The molecule has 2 N–H and O–H groups in total. The number of carbonyl (C=O) groups excluding carboxylic acids is 1. The molecule has 1 amide bonds. The Bertz CT molecular complexity index is 511. The SMILES string of the molecule is CCCNc1ccc(C(=O)NCc2cscn2)nn1. The molecule has 0 aromatic carbocycles. The second-order valence-corrected chi connectivity index (χ2v) is 4.61. The molecule has 2 aromatic rings. The average Bonchev–Trinajstić information content (AvgIpc) is 2.96. The van der Waals surface area contributed by atoms with Crippen molar-refractivity contribution in [3.05, 3.63) is 34.4 Å². The minimum atomic E-state index is -0.248. The monoisotopic (exact) mass is 277 g/mol. The van der Waals surface area contributed by atoms with Crippen molar-refractivity contribution in [2.75, 3.05) is 11.9 Å². The van der Waals surface area contributed by atoms with E-state index in [1.807, 2.05) is 5.38 Å². The van der Waals surface area contributed by atoms with E-state index in [4.69, 9.17) is 0 Å². The highest BCUT2D eigenvalue weighted by atomic mass is 32.1. The summed E-state index contributed by atoms with van der Waals surface area (Å²) in [5, 5.41) is 15.6. The van der Waals surface area contributed by atoms with Crippen molar-refractivity contribution in [1.82, 2.24) is 20.5 Å². The van der Waals surface area contributed by atoms with Gasteiger partial charge in [-0.2, -0.15) is 0 Å². The number of anilines is 1. The summed E-state index contributed by atoms with van der Waals surface area (Å²) in [5.41, 5.74) is 2.87. The summed E-state index contributed by atoms with van der Waals surface area (Å²) >= 11 is 1.50. The van der Waals surface area contributed by atoms with Crippen molar-refractivity contribution in [3.63, 3.8) is 0 Å². The number of hydrogen-bond acceptors (Lipinski definition) is 6. The molecule has 0 spiro atoms. The Kier molecular flexibility index (Phi) is 4.79. The molecule has 19 heavy (non-hydrogen) atoms. The van der Waals surface area contributed by atoms with E-state index in [0.29, 0.717) is 18.1 Å². The highest BCUT2D eigenvalue weighted by Gasteiger charge is 2.08. The van der Waals surface area contributed by atoms with Gasteiger partial charge in [0.25, 0.3) is 5.91 Å². The van der Waals surface area contributed by atoms with Gasteiger partial charge in [0.2, 0.25) is 0 Å². The van der Waals surface area contributed by atoms with Gasteiger partial charge in [0.1, 0.15) is 5.82 Å². The van der Waals surface area contributed by atoms with Gasteiger partial charge in [-0.25, -0.2) is 4.98 Å². The van der Waals surface area contributed by atoms with Crippen LogP contribution in [0, 0.1) is 0 Å². The van der Waals surface area contributed by atoms with Crippen LogP contribution in [-0.2, 0) is 6.54 Å². The van der Waals surface area contributed by atoms with Gasteiger partial charge in [-0.3, -0.25) is 4.79 Å². The Labute approximate surface area is 115 Å². The number of nitrogens with one attached hydrogen (secondary N) is 2. The van der Waals surface area contributed by atoms with E-state index in [9.17, 15) is 4.79 Å². The molecular weight excluding hydrogens is 262 g/mol. The third kappa shape index (κ3) is 3.99. The van der Waals surface area contributed by atoms with Crippen LogP contribution in [0.15, 0.2) is 23.0 Å². The number of amides is 1. The van der Waals surface area contributed by atoms with Gasteiger partial charge in [0.05, 0.1) is 17.7 Å². The Hall–Kier alpha value is -2.02. The Morgan fingerprint density at radius 2 is 2.26 bits per heavy atom. The minimum Gasteiger partial charge on any atom is -0.369 e. The van der Waals surface area contributed by atoms with E-state index in [0.717, 1.165) is 18.7 Å². The predicted molar refractivity (Wildman–Crippen MR) is 74.1 cm³/mol. The van der Waals surface area contributed by atoms with Gasteiger partial charge in [-0.05, 0) is 18.6 Å². The van der Waals surface area contributed by atoms with E-state index < -0.39 is 0 Å². The number of nitrogens with zero attached hydrogens (tertiary/aromatic N) is 3. The lowest BCUT2D eigenvalue weighted by molar-refractivity contribution is 0.0944. The van der Waals surface area contributed by atoms with E-state index in [1.165, 1.54) is 11.3 Å². The topological polar surface area (TPSA) is 79.8 Å². The fourth-order valence-electron chi connectivity index (χ4n) is 1.39.